The second-order valence-electron chi connectivity index (χ2n) is 8.38. The zero-order chi connectivity index (χ0) is 23.6. The second kappa shape index (κ2) is 12.2. The highest BCUT2D eigenvalue weighted by atomic mass is 16.6. The van der Waals surface area contributed by atoms with Crippen LogP contribution in [0.1, 0.15) is 49.7 Å². The topological polar surface area (TPSA) is 92.8 Å². The minimum atomic E-state index is -0.600. The number of carbonyl (C=O) groups excluding carboxylic acids is 2. The molecule has 0 spiro atoms. The molecule has 0 aliphatic heterocycles. The Bertz CT molecular complexity index is 851. The highest BCUT2D eigenvalue weighted by Crippen LogP contribution is 2.23. The predicted molar refractivity (Wildman–Crippen MR) is 125 cm³/mol. The molecule has 0 aliphatic rings. The van der Waals surface area contributed by atoms with Crippen LogP contribution in [0.4, 0.5) is 10.5 Å². The minimum absolute atomic E-state index is 0.211. The SMILES string of the molecule is CNCCOCCN(C(=O)OC(C)(C)C)[C@H](C)c1ccc(C(=O)Nc2ccncc2)cc1. The summed E-state index contributed by atoms with van der Waals surface area (Å²) < 4.78 is 11.2. The lowest BCUT2D eigenvalue weighted by Crippen LogP contribution is -2.40. The summed E-state index contributed by atoms with van der Waals surface area (Å²) in [6, 6.07) is 10.4. The molecule has 1 aromatic carbocycles. The third kappa shape index (κ3) is 8.28. The fourth-order valence-electron chi connectivity index (χ4n) is 2.93. The predicted octanol–water partition coefficient (Wildman–Crippen LogP) is 3.87. The first-order chi connectivity index (χ1) is 15.2. The van der Waals surface area contributed by atoms with Crippen molar-refractivity contribution < 1.29 is 19.1 Å². The number of pyridine rings is 1. The number of ether oxygens (including phenoxy) is 2. The molecular weight excluding hydrogens is 408 g/mol. The second-order valence-corrected chi connectivity index (χ2v) is 8.38. The van der Waals surface area contributed by atoms with Gasteiger partial charge in [0.1, 0.15) is 5.60 Å². The fraction of sp³-hybridized carbons (Fsp3) is 0.458. The van der Waals surface area contributed by atoms with Gasteiger partial charge < -0.3 is 20.1 Å². The van der Waals surface area contributed by atoms with Crippen LogP contribution in [0.3, 0.4) is 0 Å². The van der Waals surface area contributed by atoms with Crippen molar-refractivity contribution in [2.45, 2.75) is 39.3 Å². The van der Waals surface area contributed by atoms with Gasteiger partial charge in [0, 0.05) is 36.7 Å². The number of hydrogen-bond acceptors (Lipinski definition) is 6. The van der Waals surface area contributed by atoms with Gasteiger partial charge in [0.25, 0.3) is 5.91 Å². The molecule has 0 bridgehead atoms. The molecule has 2 amide bonds. The van der Waals surface area contributed by atoms with E-state index in [2.05, 4.69) is 15.6 Å². The molecule has 2 rings (SSSR count). The fourth-order valence-corrected chi connectivity index (χ4v) is 2.93. The first kappa shape index (κ1) is 25.3. The maximum Gasteiger partial charge on any atom is 0.410 e. The number of aromatic nitrogens is 1. The van der Waals surface area contributed by atoms with Crippen molar-refractivity contribution >= 4 is 17.7 Å². The summed E-state index contributed by atoms with van der Waals surface area (Å²) in [5, 5.41) is 5.86. The Morgan fingerprint density at radius 2 is 1.72 bits per heavy atom. The van der Waals surface area contributed by atoms with Crippen LogP contribution in [-0.2, 0) is 9.47 Å². The molecule has 0 saturated carbocycles. The first-order valence-electron chi connectivity index (χ1n) is 10.7. The number of nitrogens with zero attached hydrogens (tertiary/aromatic N) is 2. The van der Waals surface area contributed by atoms with Crippen molar-refractivity contribution in [2.24, 2.45) is 0 Å². The van der Waals surface area contributed by atoms with Crippen molar-refractivity contribution in [2.75, 3.05) is 38.7 Å². The molecule has 1 atom stereocenters. The lowest BCUT2D eigenvalue weighted by atomic mass is 10.0. The zero-order valence-electron chi connectivity index (χ0n) is 19.6. The van der Waals surface area contributed by atoms with E-state index in [1.807, 2.05) is 46.9 Å². The lowest BCUT2D eigenvalue weighted by Gasteiger charge is -2.32. The summed E-state index contributed by atoms with van der Waals surface area (Å²) in [5.41, 5.74) is 1.50. The van der Waals surface area contributed by atoms with Crippen LogP contribution in [0.15, 0.2) is 48.8 Å². The van der Waals surface area contributed by atoms with E-state index in [9.17, 15) is 9.59 Å². The van der Waals surface area contributed by atoms with E-state index in [4.69, 9.17) is 9.47 Å². The van der Waals surface area contributed by atoms with Gasteiger partial charge in [-0.1, -0.05) is 12.1 Å². The molecule has 0 unspecified atom stereocenters. The Balaban J connectivity index is 2.08. The van der Waals surface area contributed by atoms with E-state index in [-0.39, 0.29) is 11.9 Å². The normalized spacial score (nSPS) is 12.2. The van der Waals surface area contributed by atoms with E-state index in [0.717, 1.165) is 12.1 Å². The highest BCUT2D eigenvalue weighted by molar-refractivity contribution is 6.04. The van der Waals surface area contributed by atoms with Gasteiger partial charge in [-0.15, -0.1) is 0 Å². The van der Waals surface area contributed by atoms with Crippen molar-refractivity contribution in [1.82, 2.24) is 15.2 Å². The van der Waals surface area contributed by atoms with Gasteiger partial charge in [0.05, 0.1) is 19.3 Å². The smallest absolute Gasteiger partial charge is 0.410 e. The van der Waals surface area contributed by atoms with Crippen LogP contribution in [0.25, 0.3) is 0 Å². The molecule has 1 heterocycles. The van der Waals surface area contributed by atoms with Crippen LogP contribution in [-0.4, -0.2) is 60.8 Å². The van der Waals surface area contributed by atoms with Gasteiger partial charge in [0.15, 0.2) is 0 Å². The molecule has 2 N–H and O–H groups in total. The van der Waals surface area contributed by atoms with Gasteiger partial charge in [-0.3, -0.25) is 14.7 Å². The molecule has 0 saturated heterocycles. The van der Waals surface area contributed by atoms with Crippen LogP contribution in [0.5, 0.6) is 0 Å². The number of nitrogens with one attached hydrogen (secondary N) is 2. The molecule has 32 heavy (non-hydrogen) atoms. The Morgan fingerprint density at radius 1 is 1.06 bits per heavy atom. The summed E-state index contributed by atoms with van der Waals surface area (Å²) in [6.07, 6.45) is 2.84. The van der Waals surface area contributed by atoms with E-state index in [1.54, 1.807) is 41.6 Å². The number of rotatable bonds is 10. The Kier molecular flexibility index (Phi) is 9.61. The highest BCUT2D eigenvalue weighted by Gasteiger charge is 2.27. The average Bonchev–Trinajstić information content (AvgIpc) is 2.75. The molecule has 174 valence electrons. The van der Waals surface area contributed by atoms with Crippen molar-refractivity contribution in [1.29, 1.82) is 0 Å². The number of hydrogen-bond donors (Lipinski definition) is 2. The van der Waals surface area contributed by atoms with Crippen molar-refractivity contribution in [3.63, 3.8) is 0 Å². The quantitative estimate of drug-likeness (QED) is 0.543. The van der Waals surface area contributed by atoms with Crippen molar-refractivity contribution in [3.8, 4) is 0 Å². The number of amides is 2. The monoisotopic (exact) mass is 442 g/mol. The van der Waals surface area contributed by atoms with Crippen LogP contribution < -0.4 is 10.6 Å². The van der Waals surface area contributed by atoms with E-state index < -0.39 is 11.7 Å². The van der Waals surface area contributed by atoms with Crippen LogP contribution in [0.2, 0.25) is 0 Å². The van der Waals surface area contributed by atoms with E-state index >= 15 is 0 Å². The Morgan fingerprint density at radius 3 is 2.31 bits per heavy atom. The number of benzene rings is 1. The lowest BCUT2D eigenvalue weighted by molar-refractivity contribution is 0.00912. The molecule has 8 nitrogen and oxygen atoms in total. The maximum atomic E-state index is 12.8. The maximum absolute atomic E-state index is 12.8. The standard InChI is InChI=1S/C24H34N4O4/c1-18(28(15-17-31-16-14-25-5)23(30)32-24(2,3)4)19-6-8-20(9-7-19)22(29)27-21-10-12-26-13-11-21/h6-13,18,25H,14-17H2,1-5H3,(H,26,27,29)/t18-/m1/s1. The molecule has 0 radical (unpaired) electrons. The largest absolute Gasteiger partial charge is 0.444 e. The van der Waals surface area contributed by atoms with Gasteiger partial charge in [-0.25, -0.2) is 4.79 Å². The van der Waals surface area contributed by atoms with E-state index in [1.165, 1.54) is 0 Å². The summed E-state index contributed by atoms with van der Waals surface area (Å²) >= 11 is 0. The average molecular weight is 443 g/mol. The van der Waals surface area contributed by atoms with Gasteiger partial charge in [0.2, 0.25) is 0 Å². The summed E-state index contributed by atoms with van der Waals surface area (Å²) in [4.78, 5) is 30.9. The van der Waals surface area contributed by atoms with Crippen LogP contribution >= 0.6 is 0 Å². The molecule has 8 heteroatoms. The first-order valence-corrected chi connectivity index (χ1v) is 10.7. The number of likely N-dealkylation sites (N-methyl/N-ethyl adjacent to an activating group) is 1. The third-order valence-corrected chi connectivity index (χ3v) is 4.66. The molecular formula is C24H34N4O4. The minimum Gasteiger partial charge on any atom is -0.444 e. The van der Waals surface area contributed by atoms with Gasteiger partial charge >= 0.3 is 6.09 Å². The zero-order valence-corrected chi connectivity index (χ0v) is 19.6. The Labute approximate surface area is 190 Å². The molecule has 2 aromatic rings. The van der Waals surface area contributed by atoms with Crippen molar-refractivity contribution in [3.05, 3.63) is 59.9 Å². The Hall–Kier alpha value is -2.97. The van der Waals surface area contributed by atoms with Crippen LogP contribution in [0, 0.1) is 0 Å². The summed E-state index contributed by atoms with van der Waals surface area (Å²) in [7, 11) is 1.86. The third-order valence-electron chi connectivity index (χ3n) is 4.66. The number of carbonyl (C=O) groups is 2. The number of anilines is 1. The summed E-state index contributed by atoms with van der Waals surface area (Å²) in [5.74, 6) is -0.211. The molecule has 0 aliphatic carbocycles. The van der Waals surface area contributed by atoms with Gasteiger partial charge in [-0.2, -0.15) is 0 Å². The molecule has 1 aromatic heterocycles. The molecule has 0 fully saturated rings. The van der Waals surface area contributed by atoms with Gasteiger partial charge in [-0.05, 0) is 64.6 Å². The van der Waals surface area contributed by atoms with E-state index in [0.29, 0.717) is 31.0 Å². The summed E-state index contributed by atoms with van der Waals surface area (Å²) in [6.45, 7) is 9.55.